The lowest BCUT2D eigenvalue weighted by Gasteiger charge is -2.11. The van der Waals surface area contributed by atoms with E-state index < -0.39 is 0 Å². The number of rotatable bonds is 5. The van der Waals surface area contributed by atoms with Crippen molar-refractivity contribution in [1.29, 1.82) is 0 Å². The van der Waals surface area contributed by atoms with E-state index in [0.717, 1.165) is 5.56 Å². The molecule has 0 fully saturated rings. The highest BCUT2D eigenvalue weighted by atomic mass is 19.1. The monoisotopic (exact) mass is 225 g/mol. The van der Waals surface area contributed by atoms with E-state index in [1.807, 2.05) is 0 Å². The summed E-state index contributed by atoms with van der Waals surface area (Å²) in [5, 5.41) is 0. The van der Waals surface area contributed by atoms with E-state index in [0.29, 0.717) is 19.3 Å². The van der Waals surface area contributed by atoms with Crippen molar-refractivity contribution in [3.05, 3.63) is 35.6 Å². The van der Waals surface area contributed by atoms with Crippen molar-refractivity contribution >= 4 is 5.97 Å². The summed E-state index contributed by atoms with van der Waals surface area (Å²) in [5.41, 5.74) is 6.78. The zero-order valence-corrected chi connectivity index (χ0v) is 9.28. The minimum atomic E-state index is -0.273. The SMILES string of the molecule is COC(=O)CCCC(N)c1ccc(F)cc1. The van der Waals surface area contributed by atoms with Gasteiger partial charge in [0, 0.05) is 12.5 Å². The molecule has 0 saturated heterocycles. The minimum Gasteiger partial charge on any atom is -0.469 e. The van der Waals surface area contributed by atoms with Crippen LogP contribution in [0.15, 0.2) is 24.3 Å². The smallest absolute Gasteiger partial charge is 0.305 e. The second-order valence-electron chi connectivity index (χ2n) is 3.63. The highest BCUT2D eigenvalue weighted by Gasteiger charge is 2.07. The van der Waals surface area contributed by atoms with Gasteiger partial charge in [-0.25, -0.2) is 4.39 Å². The molecule has 0 radical (unpaired) electrons. The van der Waals surface area contributed by atoms with Crippen LogP contribution in [0.5, 0.6) is 0 Å². The van der Waals surface area contributed by atoms with E-state index in [1.54, 1.807) is 12.1 Å². The van der Waals surface area contributed by atoms with E-state index in [2.05, 4.69) is 4.74 Å². The largest absolute Gasteiger partial charge is 0.469 e. The Morgan fingerprint density at radius 3 is 2.62 bits per heavy atom. The highest BCUT2D eigenvalue weighted by molar-refractivity contribution is 5.68. The average Bonchev–Trinajstić information content (AvgIpc) is 2.29. The summed E-state index contributed by atoms with van der Waals surface area (Å²) in [5.74, 6) is -0.503. The van der Waals surface area contributed by atoms with Gasteiger partial charge in [0.15, 0.2) is 0 Å². The van der Waals surface area contributed by atoms with Crippen molar-refractivity contribution in [3.8, 4) is 0 Å². The molecule has 0 bridgehead atoms. The fourth-order valence-corrected chi connectivity index (χ4v) is 1.45. The van der Waals surface area contributed by atoms with Crippen LogP contribution in [0.1, 0.15) is 30.9 Å². The van der Waals surface area contributed by atoms with Crippen LogP contribution >= 0.6 is 0 Å². The maximum Gasteiger partial charge on any atom is 0.305 e. The van der Waals surface area contributed by atoms with Crippen LogP contribution in [0.4, 0.5) is 4.39 Å². The van der Waals surface area contributed by atoms with Crippen LogP contribution in [-0.4, -0.2) is 13.1 Å². The van der Waals surface area contributed by atoms with E-state index >= 15 is 0 Å². The third kappa shape index (κ3) is 3.98. The van der Waals surface area contributed by atoms with Gasteiger partial charge >= 0.3 is 5.97 Å². The lowest BCUT2D eigenvalue weighted by atomic mass is 10.0. The van der Waals surface area contributed by atoms with Gasteiger partial charge in [-0.3, -0.25) is 4.79 Å². The van der Waals surface area contributed by atoms with Crippen molar-refractivity contribution < 1.29 is 13.9 Å². The summed E-state index contributed by atoms with van der Waals surface area (Å²) in [6, 6.07) is 5.94. The Kier molecular flexibility index (Phi) is 4.92. The molecule has 0 aliphatic carbocycles. The molecule has 1 rings (SSSR count). The summed E-state index contributed by atoms with van der Waals surface area (Å²) in [6.07, 6.45) is 1.72. The molecule has 0 heterocycles. The maximum absolute atomic E-state index is 12.7. The quantitative estimate of drug-likeness (QED) is 0.781. The van der Waals surface area contributed by atoms with Crippen LogP contribution in [0.2, 0.25) is 0 Å². The van der Waals surface area contributed by atoms with Crippen molar-refractivity contribution in [3.63, 3.8) is 0 Å². The number of hydrogen-bond acceptors (Lipinski definition) is 3. The molecule has 4 heteroatoms. The molecule has 0 amide bonds. The molecular formula is C12H16FNO2. The maximum atomic E-state index is 12.7. The molecular weight excluding hydrogens is 209 g/mol. The average molecular weight is 225 g/mol. The molecule has 0 aliphatic heterocycles. The minimum absolute atomic E-state index is 0.162. The van der Waals surface area contributed by atoms with Gasteiger partial charge in [0.2, 0.25) is 0 Å². The number of carbonyl (C=O) groups excluding carboxylic acids is 1. The molecule has 88 valence electrons. The van der Waals surface area contributed by atoms with Crippen LogP contribution < -0.4 is 5.73 Å². The zero-order valence-electron chi connectivity index (χ0n) is 9.28. The molecule has 1 unspecified atom stereocenters. The first kappa shape index (κ1) is 12.6. The summed E-state index contributed by atoms with van der Waals surface area (Å²) in [4.78, 5) is 10.9. The first-order valence-electron chi connectivity index (χ1n) is 5.21. The van der Waals surface area contributed by atoms with Crippen LogP contribution in [0.25, 0.3) is 0 Å². The van der Waals surface area contributed by atoms with Crippen molar-refractivity contribution in [2.24, 2.45) is 5.73 Å². The predicted molar refractivity (Wildman–Crippen MR) is 59.2 cm³/mol. The number of carbonyl (C=O) groups is 1. The fourth-order valence-electron chi connectivity index (χ4n) is 1.45. The van der Waals surface area contributed by atoms with E-state index in [9.17, 15) is 9.18 Å². The lowest BCUT2D eigenvalue weighted by molar-refractivity contribution is -0.140. The Hall–Kier alpha value is -1.42. The van der Waals surface area contributed by atoms with Crippen molar-refractivity contribution in [2.45, 2.75) is 25.3 Å². The molecule has 1 atom stereocenters. The third-order valence-electron chi connectivity index (χ3n) is 2.42. The predicted octanol–water partition coefficient (Wildman–Crippen LogP) is 2.17. The fraction of sp³-hybridized carbons (Fsp3) is 0.417. The molecule has 1 aromatic carbocycles. The number of nitrogens with two attached hydrogens (primary N) is 1. The number of hydrogen-bond donors (Lipinski definition) is 1. The normalized spacial score (nSPS) is 12.2. The first-order valence-corrected chi connectivity index (χ1v) is 5.21. The zero-order chi connectivity index (χ0) is 12.0. The van der Waals surface area contributed by atoms with Gasteiger partial charge < -0.3 is 10.5 Å². The first-order chi connectivity index (χ1) is 7.63. The Morgan fingerprint density at radius 2 is 2.06 bits per heavy atom. The molecule has 0 saturated carbocycles. The lowest BCUT2D eigenvalue weighted by Crippen LogP contribution is -2.11. The third-order valence-corrected chi connectivity index (χ3v) is 2.42. The Balaban J connectivity index is 2.37. The van der Waals surface area contributed by atoms with Gasteiger partial charge in [-0.1, -0.05) is 12.1 Å². The van der Waals surface area contributed by atoms with Crippen LogP contribution in [0.3, 0.4) is 0 Å². The molecule has 1 aromatic rings. The summed E-state index contributed by atoms with van der Waals surface area (Å²) < 4.78 is 17.2. The second kappa shape index (κ2) is 6.23. The number of halogens is 1. The van der Waals surface area contributed by atoms with E-state index in [-0.39, 0.29) is 17.8 Å². The van der Waals surface area contributed by atoms with Gasteiger partial charge in [-0.15, -0.1) is 0 Å². The van der Waals surface area contributed by atoms with Gasteiger partial charge in [-0.2, -0.15) is 0 Å². The van der Waals surface area contributed by atoms with Crippen LogP contribution in [0, 0.1) is 5.82 Å². The summed E-state index contributed by atoms with van der Waals surface area (Å²) in [7, 11) is 1.36. The number of methoxy groups -OCH3 is 1. The molecule has 0 spiro atoms. The Bertz CT molecular complexity index is 337. The van der Waals surface area contributed by atoms with Gasteiger partial charge in [0.1, 0.15) is 5.82 Å². The summed E-state index contributed by atoms with van der Waals surface area (Å²) >= 11 is 0. The molecule has 16 heavy (non-hydrogen) atoms. The Labute approximate surface area is 94.4 Å². The van der Waals surface area contributed by atoms with Crippen molar-refractivity contribution in [1.82, 2.24) is 0 Å². The Morgan fingerprint density at radius 1 is 1.44 bits per heavy atom. The van der Waals surface area contributed by atoms with Gasteiger partial charge in [0.25, 0.3) is 0 Å². The van der Waals surface area contributed by atoms with Crippen LogP contribution in [-0.2, 0) is 9.53 Å². The number of esters is 1. The number of ether oxygens (including phenoxy) is 1. The molecule has 3 nitrogen and oxygen atoms in total. The van der Waals surface area contributed by atoms with E-state index in [4.69, 9.17) is 5.73 Å². The molecule has 0 aromatic heterocycles. The standard InChI is InChI=1S/C12H16FNO2/c1-16-12(15)4-2-3-11(14)9-5-7-10(13)8-6-9/h5-8,11H,2-4,14H2,1H3. The second-order valence-corrected chi connectivity index (χ2v) is 3.63. The summed E-state index contributed by atoms with van der Waals surface area (Å²) in [6.45, 7) is 0. The number of benzene rings is 1. The van der Waals surface area contributed by atoms with Gasteiger partial charge in [-0.05, 0) is 30.5 Å². The van der Waals surface area contributed by atoms with Gasteiger partial charge in [0.05, 0.1) is 7.11 Å². The molecule has 0 aliphatic rings. The van der Waals surface area contributed by atoms with Crippen molar-refractivity contribution in [2.75, 3.05) is 7.11 Å². The topological polar surface area (TPSA) is 52.3 Å². The molecule has 2 N–H and O–H groups in total. The highest BCUT2D eigenvalue weighted by Crippen LogP contribution is 2.17. The van der Waals surface area contributed by atoms with E-state index in [1.165, 1.54) is 19.2 Å².